The first kappa shape index (κ1) is 65.0. The van der Waals surface area contributed by atoms with E-state index in [1.165, 1.54) is 37.2 Å². The summed E-state index contributed by atoms with van der Waals surface area (Å²) in [6, 6.07) is 52.3. The van der Waals surface area contributed by atoms with E-state index in [0.717, 1.165) is 105 Å². The second-order valence-electron chi connectivity index (χ2n) is 23.7. The number of likely N-dealkylation sites (tertiary alicyclic amines) is 2. The van der Waals surface area contributed by atoms with Crippen LogP contribution in [0.2, 0.25) is 0 Å². The molecule has 3 aliphatic rings. The van der Waals surface area contributed by atoms with Gasteiger partial charge >= 0.3 is 0 Å². The molecule has 3 aliphatic heterocycles. The number of piperidine rings is 2. The molecule has 3 amide bonds. The molecule has 6 aromatic carbocycles. The molecule has 0 saturated carbocycles. The lowest BCUT2D eigenvalue weighted by molar-refractivity contribution is -0.127. The van der Waals surface area contributed by atoms with Crippen molar-refractivity contribution >= 4 is 68.3 Å². The zero-order chi connectivity index (χ0) is 68.4. The molecule has 7 N–H and O–H groups in total. The van der Waals surface area contributed by atoms with Crippen LogP contribution in [0, 0.1) is 0 Å². The predicted octanol–water partition coefficient (Wildman–Crippen LogP) is 11.8. The van der Waals surface area contributed by atoms with Gasteiger partial charge in [-0.05, 0) is 160 Å². The Bertz CT molecular complexity index is 4860. The molecule has 12 aromatic rings. The SMILES string of the molecule is C=CC(=O)N1CCC(n2nc(-c3ccc(Oc4ccccc4)cc3)c3c(N)ncnc32)C1.C=CC(=O)N1CCC(n2nc(-c3ccc(Oc4ccccc4)cc3)c3c(N)ncnc32)CC1.C=CC(=O)NN1CCC(n2nc(-c3ccc(Oc4ccccc4)cc3)c3c(N)ncnc32)CC1. The maximum atomic E-state index is 12.0. The second-order valence-corrected chi connectivity index (χ2v) is 23.7. The van der Waals surface area contributed by atoms with Crippen molar-refractivity contribution in [2.75, 3.05) is 56.5 Å². The van der Waals surface area contributed by atoms with Crippen LogP contribution in [-0.4, -0.2) is 131 Å². The second kappa shape index (κ2) is 29.6. The molecule has 0 spiro atoms. The van der Waals surface area contributed by atoms with Crippen molar-refractivity contribution in [3.8, 4) is 68.3 Å². The molecule has 25 nitrogen and oxygen atoms in total. The number of para-hydroxylation sites is 3. The quantitative estimate of drug-likeness (QED) is 0.0653. The Morgan fingerprint density at radius 2 is 0.707 bits per heavy atom. The number of hydrogen-bond acceptors (Lipinski definition) is 19. The van der Waals surface area contributed by atoms with Gasteiger partial charge in [0.05, 0.1) is 34.3 Å². The van der Waals surface area contributed by atoms with E-state index >= 15 is 0 Å². The molecule has 3 fully saturated rings. The summed E-state index contributed by atoms with van der Waals surface area (Å²) in [4.78, 5) is 65.2. The highest BCUT2D eigenvalue weighted by molar-refractivity contribution is 6.00. The smallest absolute Gasteiger partial charge is 0.257 e. The number of nitrogens with two attached hydrogens (primary N) is 3. The zero-order valence-electron chi connectivity index (χ0n) is 54.1. The number of nitrogens with zero attached hydrogens (tertiary/aromatic N) is 15. The van der Waals surface area contributed by atoms with Gasteiger partial charge in [-0.15, -0.1) is 0 Å². The van der Waals surface area contributed by atoms with Crippen LogP contribution in [0.15, 0.2) is 221 Å². The van der Waals surface area contributed by atoms with E-state index in [2.05, 4.69) is 55.1 Å². The Labute approximate surface area is 569 Å². The van der Waals surface area contributed by atoms with E-state index in [0.29, 0.717) is 84.7 Å². The van der Waals surface area contributed by atoms with Crippen LogP contribution in [0.4, 0.5) is 17.5 Å². The maximum absolute atomic E-state index is 12.0. The van der Waals surface area contributed by atoms with E-state index in [1.54, 1.807) is 4.90 Å². The number of carbonyl (C=O) groups is 3. The number of carbonyl (C=O) groups excluding carboxylic acids is 3. The van der Waals surface area contributed by atoms with Crippen molar-refractivity contribution in [1.82, 2.24) is 79.5 Å². The zero-order valence-corrected chi connectivity index (χ0v) is 54.1. The standard InChI is InChI=1S/C25H25N7O2.C25H24N6O2.C24H22N6O2/c1-2-21(33)29-31-14-12-18(13-15-31)32-25-22(24(26)27-16-28-25)23(30-32)17-8-10-20(11-9-17)34-19-6-4-3-5-7-19;1-2-21(32)30-14-12-18(13-15-30)31-25-22(24(26)27-16-28-25)23(29-31)17-8-10-20(11-9-17)33-19-6-4-3-5-7-19;1-2-20(31)29-13-12-17(14-29)30-24-21(23(25)26-15-27-24)22(28-30)16-8-10-19(11-9-16)32-18-6-4-3-5-7-18/h2-11,16,18H,1,12-15H2,(H,29,33)(H2,26,27,28);2-11,16,18H,1,12-15H2,(H2,26,27,28);2-11,15,17H,1,12-14H2,(H2,25,26,27). The molecule has 0 bridgehead atoms. The molecular formula is C74H71N19O6. The van der Waals surface area contributed by atoms with Crippen LogP contribution in [0.1, 0.15) is 50.2 Å². The van der Waals surface area contributed by atoms with Crippen molar-refractivity contribution in [2.45, 2.75) is 50.2 Å². The summed E-state index contributed by atoms with van der Waals surface area (Å²) in [6.45, 7) is 14.6. The summed E-state index contributed by atoms with van der Waals surface area (Å²) < 4.78 is 23.5. The Morgan fingerprint density at radius 3 is 1.06 bits per heavy atom. The van der Waals surface area contributed by atoms with Crippen molar-refractivity contribution < 1.29 is 28.6 Å². The molecule has 25 heteroatoms. The summed E-state index contributed by atoms with van der Waals surface area (Å²) in [7, 11) is 0. The van der Waals surface area contributed by atoms with Crippen LogP contribution in [0.5, 0.6) is 34.5 Å². The van der Waals surface area contributed by atoms with Gasteiger partial charge in [0.1, 0.15) is 88.0 Å². The molecule has 1 unspecified atom stereocenters. The predicted molar refractivity (Wildman–Crippen MR) is 379 cm³/mol. The fourth-order valence-corrected chi connectivity index (χ4v) is 12.4. The molecule has 498 valence electrons. The number of aromatic nitrogens is 12. The number of hydrogen-bond donors (Lipinski definition) is 4. The molecule has 0 aliphatic carbocycles. The minimum Gasteiger partial charge on any atom is -0.457 e. The molecule has 99 heavy (non-hydrogen) atoms. The Balaban J connectivity index is 0.000000133. The lowest BCUT2D eigenvalue weighted by Gasteiger charge is -2.31. The van der Waals surface area contributed by atoms with Gasteiger partial charge in [-0.3, -0.25) is 19.8 Å². The van der Waals surface area contributed by atoms with Gasteiger partial charge in [0.15, 0.2) is 16.9 Å². The Kier molecular flexibility index (Phi) is 19.4. The van der Waals surface area contributed by atoms with E-state index in [-0.39, 0.29) is 35.8 Å². The van der Waals surface area contributed by atoms with E-state index in [4.69, 9.17) is 46.7 Å². The normalized spacial score (nSPS) is 14.9. The number of rotatable bonds is 16. The number of benzene rings is 6. The first-order valence-corrected chi connectivity index (χ1v) is 32.4. The van der Waals surface area contributed by atoms with Crippen molar-refractivity contribution in [3.63, 3.8) is 0 Å². The molecular weight excluding hydrogens is 1250 g/mol. The van der Waals surface area contributed by atoms with Crippen LogP contribution >= 0.6 is 0 Å². The van der Waals surface area contributed by atoms with Gasteiger partial charge < -0.3 is 41.2 Å². The van der Waals surface area contributed by atoms with Gasteiger partial charge in [0.2, 0.25) is 11.8 Å². The summed E-state index contributed by atoms with van der Waals surface area (Å²) >= 11 is 0. The fraction of sp³-hybridized carbons (Fsp3) is 0.189. The van der Waals surface area contributed by atoms with Crippen LogP contribution in [-0.2, 0) is 14.4 Å². The van der Waals surface area contributed by atoms with E-state index in [1.807, 2.05) is 188 Å². The maximum Gasteiger partial charge on any atom is 0.257 e. The molecule has 6 aromatic heterocycles. The van der Waals surface area contributed by atoms with E-state index < -0.39 is 0 Å². The summed E-state index contributed by atoms with van der Waals surface area (Å²) in [5.74, 6) is 5.36. The number of hydrazine groups is 1. The lowest BCUT2D eigenvalue weighted by Crippen LogP contribution is -2.46. The third-order valence-corrected chi connectivity index (χ3v) is 17.4. The van der Waals surface area contributed by atoms with Gasteiger partial charge in [-0.2, -0.15) is 15.3 Å². The minimum atomic E-state index is -0.203. The number of anilines is 3. The number of fused-ring (bicyclic) bond motifs is 3. The lowest BCUT2D eigenvalue weighted by atomic mass is 10.1. The summed E-state index contributed by atoms with van der Waals surface area (Å²) in [5.41, 5.74) is 28.5. The number of amides is 3. The average molecular weight is 1320 g/mol. The highest BCUT2D eigenvalue weighted by atomic mass is 16.5. The average Bonchev–Trinajstić information content (AvgIpc) is 1.63. The molecule has 3 saturated heterocycles. The number of nitrogens with one attached hydrogen (secondary N) is 1. The number of ether oxygens (including phenoxy) is 3. The minimum absolute atomic E-state index is 0.00476. The molecule has 9 heterocycles. The van der Waals surface area contributed by atoms with Gasteiger partial charge in [0.25, 0.3) is 5.91 Å². The topological polar surface area (TPSA) is 310 Å². The highest BCUT2D eigenvalue weighted by Gasteiger charge is 2.32. The monoisotopic (exact) mass is 1320 g/mol. The third-order valence-electron chi connectivity index (χ3n) is 17.4. The molecule has 0 radical (unpaired) electrons. The van der Waals surface area contributed by atoms with Crippen LogP contribution < -0.4 is 36.8 Å². The van der Waals surface area contributed by atoms with Crippen LogP contribution in [0.25, 0.3) is 66.9 Å². The fourth-order valence-electron chi connectivity index (χ4n) is 12.4. The largest absolute Gasteiger partial charge is 0.457 e. The van der Waals surface area contributed by atoms with Gasteiger partial charge in [-0.1, -0.05) is 74.3 Å². The van der Waals surface area contributed by atoms with Gasteiger partial charge in [-0.25, -0.2) is 49.0 Å². The van der Waals surface area contributed by atoms with Crippen molar-refractivity contribution in [3.05, 3.63) is 221 Å². The molecule has 15 rings (SSSR count). The van der Waals surface area contributed by atoms with Crippen molar-refractivity contribution in [2.24, 2.45) is 0 Å². The Morgan fingerprint density at radius 1 is 0.394 bits per heavy atom. The number of nitrogen functional groups attached to an aromatic ring is 3. The highest BCUT2D eigenvalue weighted by Crippen LogP contribution is 2.39. The third kappa shape index (κ3) is 14.5. The van der Waals surface area contributed by atoms with Crippen LogP contribution in [0.3, 0.4) is 0 Å². The summed E-state index contributed by atoms with van der Waals surface area (Å²) in [6.07, 6.45) is 12.3. The van der Waals surface area contributed by atoms with E-state index in [9.17, 15) is 14.4 Å². The molecule has 1 atom stereocenters. The first-order valence-electron chi connectivity index (χ1n) is 32.4. The van der Waals surface area contributed by atoms with Gasteiger partial charge in [0, 0.05) is 56.0 Å². The Hall–Kier alpha value is -12.6. The summed E-state index contributed by atoms with van der Waals surface area (Å²) in [5, 5.41) is 18.8. The first-order chi connectivity index (χ1) is 48.4. The van der Waals surface area contributed by atoms with Crippen molar-refractivity contribution in [1.29, 1.82) is 0 Å².